The van der Waals surface area contributed by atoms with E-state index in [1.165, 1.54) is 0 Å². The summed E-state index contributed by atoms with van der Waals surface area (Å²) in [5, 5.41) is 35.0. The van der Waals surface area contributed by atoms with Crippen LogP contribution in [0.5, 0.6) is 0 Å². The first kappa shape index (κ1) is 25.4. The molecule has 0 aliphatic carbocycles. The maximum atomic E-state index is 12.2. The zero-order chi connectivity index (χ0) is 23.6. The van der Waals surface area contributed by atoms with Crippen LogP contribution < -0.4 is 16.0 Å². The fraction of sp³-hybridized carbons (Fsp3) is 0.353. The molecule has 0 saturated heterocycles. The van der Waals surface area contributed by atoms with Gasteiger partial charge in [0.2, 0.25) is 11.8 Å². The summed E-state index contributed by atoms with van der Waals surface area (Å²) in [5.74, 6) is -5.09. The van der Waals surface area contributed by atoms with Crippen LogP contribution in [0.2, 0.25) is 0 Å². The standard InChI is InChI=1S/C17H20N4O9S/c22-13(19-12(8-31)16(26)18-7-14(23)24)6-5-11(17(27)28)20-15(25)9-1-3-10(4-2-9)21(29)30/h1-4,11-12,31H,5-8H2,(H,18,26)(H,19,22)(H,20,25)(H,23,24)(H,27,28)/t11-,12-/m0/s1. The van der Waals surface area contributed by atoms with Crippen molar-refractivity contribution in [1.82, 2.24) is 16.0 Å². The third kappa shape index (κ3) is 8.69. The van der Waals surface area contributed by atoms with E-state index < -0.39 is 53.2 Å². The van der Waals surface area contributed by atoms with Gasteiger partial charge in [-0.1, -0.05) is 0 Å². The molecule has 14 heteroatoms. The highest BCUT2D eigenvalue weighted by molar-refractivity contribution is 7.80. The normalized spacial score (nSPS) is 12.2. The van der Waals surface area contributed by atoms with E-state index in [0.29, 0.717) is 0 Å². The van der Waals surface area contributed by atoms with Gasteiger partial charge in [-0.15, -0.1) is 0 Å². The van der Waals surface area contributed by atoms with Gasteiger partial charge in [0, 0.05) is 29.9 Å². The fourth-order valence-electron chi connectivity index (χ4n) is 2.26. The third-order valence-corrected chi connectivity index (χ3v) is 4.22. The number of carbonyl (C=O) groups excluding carboxylic acids is 3. The van der Waals surface area contributed by atoms with Crippen molar-refractivity contribution in [3.8, 4) is 0 Å². The molecule has 13 nitrogen and oxygen atoms in total. The molecule has 0 bridgehead atoms. The van der Waals surface area contributed by atoms with Crippen LogP contribution in [0.1, 0.15) is 23.2 Å². The van der Waals surface area contributed by atoms with Gasteiger partial charge in [0.05, 0.1) is 4.92 Å². The van der Waals surface area contributed by atoms with Gasteiger partial charge in [-0.3, -0.25) is 29.3 Å². The van der Waals surface area contributed by atoms with E-state index in [9.17, 15) is 39.2 Å². The van der Waals surface area contributed by atoms with E-state index in [1.54, 1.807) is 0 Å². The first-order chi connectivity index (χ1) is 14.5. The number of amides is 3. The maximum Gasteiger partial charge on any atom is 0.326 e. The summed E-state index contributed by atoms with van der Waals surface area (Å²) in [6.45, 7) is -0.644. The van der Waals surface area contributed by atoms with E-state index in [4.69, 9.17) is 5.11 Å². The quantitative estimate of drug-likeness (QED) is 0.132. The molecule has 1 rings (SSSR count). The van der Waals surface area contributed by atoms with Gasteiger partial charge >= 0.3 is 11.9 Å². The second-order valence-electron chi connectivity index (χ2n) is 6.12. The molecule has 31 heavy (non-hydrogen) atoms. The number of carboxylic acids is 2. The predicted molar refractivity (Wildman–Crippen MR) is 108 cm³/mol. The van der Waals surface area contributed by atoms with Crippen molar-refractivity contribution < 1.29 is 39.1 Å². The van der Waals surface area contributed by atoms with Crippen LogP contribution in [0.4, 0.5) is 5.69 Å². The molecule has 0 spiro atoms. The summed E-state index contributed by atoms with van der Waals surface area (Å²) in [5.41, 5.74) is -0.249. The lowest BCUT2D eigenvalue weighted by atomic mass is 10.1. The number of nitro benzene ring substituents is 1. The Morgan fingerprint density at radius 2 is 1.65 bits per heavy atom. The topological polar surface area (TPSA) is 205 Å². The number of aliphatic carboxylic acids is 2. The SMILES string of the molecule is O=C(O)CNC(=O)[C@H](CS)NC(=O)CC[C@H](NC(=O)c1ccc([N+](=O)[O-])cc1)C(=O)O. The molecular formula is C17H20N4O9S. The highest BCUT2D eigenvalue weighted by Crippen LogP contribution is 2.12. The molecule has 1 aromatic rings. The van der Waals surface area contributed by atoms with Crippen LogP contribution in [0.25, 0.3) is 0 Å². The Labute approximate surface area is 180 Å². The van der Waals surface area contributed by atoms with Gasteiger partial charge in [-0.05, 0) is 18.6 Å². The number of rotatable bonds is 12. The minimum absolute atomic E-state index is 0.00783. The Balaban J connectivity index is 2.64. The van der Waals surface area contributed by atoms with Crippen LogP contribution in [-0.2, 0) is 19.2 Å². The summed E-state index contributed by atoms with van der Waals surface area (Å²) < 4.78 is 0. The van der Waals surface area contributed by atoms with Crippen LogP contribution >= 0.6 is 12.6 Å². The van der Waals surface area contributed by atoms with Crippen LogP contribution in [0.3, 0.4) is 0 Å². The largest absolute Gasteiger partial charge is 0.480 e. The second-order valence-corrected chi connectivity index (χ2v) is 6.49. The minimum atomic E-state index is -1.44. The molecule has 3 amide bonds. The lowest BCUT2D eigenvalue weighted by Crippen LogP contribution is -2.49. The van der Waals surface area contributed by atoms with Crippen molar-refractivity contribution in [2.45, 2.75) is 24.9 Å². The summed E-state index contributed by atoms with van der Waals surface area (Å²) in [7, 11) is 0. The van der Waals surface area contributed by atoms with Crippen molar-refractivity contribution in [1.29, 1.82) is 0 Å². The molecule has 0 aromatic heterocycles. The van der Waals surface area contributed by atoms with Gasteiger partial charge in [0.1, 0.15) is 18.6 Å². The Hall–Kier alpha value is -3.68. The molecule has 0 aliphatic rings. The number of carbonyl (C=O) groups is 5. The molecule has 0 fully saturated rings. The number of hydrogen-bond donors (Lipinski definition) is 6. The second kappa shape index (κ2) is 12.1. The van der Waals surface area contributed by atoms with E-state index in [2.05, 4.69) is 28.6 Å². The maximum absolute atomic E-state index is 12.2. The summed E-state index contributed by atoms with van der Waals surface area (Å²) >= 11 is 3.90. The predicted octanol–water partition coefficient (Wildman–Crippen LogP) is -0.827. The molecule has 0 heterocycles. The number of thiol groups is 1. The molecule has 0 unspecified atom stereocenters. The van der Waals surface area contributed by atoms with Crippen molar-refractivity contribution in [2.75, 3.05) is 12.3 Å². The first-order valence-corrected chi connectivity index (χ1v) is 9.36. The van der Waals surface area contributed by atoms with Crippen LogP contribution in [0.15, 0.2) is 24.3 Å². The molecule has 2 atom stereocenters. The van der Waals surface area contributed by atoms with E-state index >= 15 is 0 Å². The smallest absolute Gasteiger partial charge is 0.326 e. The molecule has 0 radical (unpaired) electrons. The van der Waals surface area contributed by atoms with Crippen molar-refractivity contribution in [3.05, 3.63) is 39.9 Å². The monoisotopic (exact) mass is 456 g/mol. The van der Waals surface area contributed by atoms with Crippen molar-refractivity contribution in [3.63, 3.8) is 0 Å². The molecule has 0 saturated carbocycles. The Bertz CT molecular complexity index is 860. The number of nitro groups is 1. The Kier molecular flexibility index (Phi) is 9.91. The number of non-ortho nitro benzene ring substituents is 1. The average Bonchev–Trinajstić information content (AvgIpc) is 2.72. The van der Waals surface area contributed by atoms with Gasteiger partial charge in [-0.25, -0.2) is 4.79 Å². The highest BCUT2D eigenvalue weighted by atomic mass is 32.1. The summed E-state index contributed by atoms with van der Waals surface area (Å²) in [4.78, 5) is 67.8. The highest BCUT2D eigenvalue weighted by Gasteiger charge is 2.24. The van der Waals surface area contributed by atoms with Crippen LogP contribution in [0, 0.1) is 10.1 Å². The minimum Gasteiger partial charge on any atom is -0.480 e. The molecular weight excluding hydrogens is 436 g/mol. The van der Waals surface area contributed by atoms with Crippen molar-refractivity contribution in [2.24, 2.45) is 0 Å². The summed E-state index contributed by atoms with van der Waals surface area (Å²) in [6, 6.07) is 1.92. The number of nitrogens with zero attached hydrogens (tertiary/aromatic N) is 1. The zero-order valence-corrected chi connectivity index (χ0v) is 16.8. The van der Waals surface area contributed by atoms with Gasteiger partial charge < -0.3 is 26.2 Å². The van der Waals surface area contributed by atoms with E-state index in [0.717, 1.165) is 24.3 Å². The molecule has 1 aromatic carbocycles. The molecule has 5 N–H and O–H groups in total. The summed E-state index contributed by atoms with van der Waals surface area (Å²) in [6.07, 6.45) is -0.677. The Morgan fingerprint density at radius 3 is 2.13 bits per heavy atom. The lowest BCUT2D eigenvalue weighted by Gasteiger charge is -2.17. The number of hydrogen-bond acceptors (Lipinski definition) is 8. The third-order valence-electron chi connectivity index (χ3n) is 3.85. The van der Waals surface area contributed by atoms with Gasteiger partial charge in [0.25, 0.3) is 11.6 Å². The lowest BCUT2D eigenvalue weighted by molar-refractivity contribution is -0.384. The van der Waals surface area contributed by atoms with Crippen LogP contribution in [-0.4, -0.2) is 69.2 Å². The average molecular weight is 456 g/mol. The number of benzene rings is 1. The van der Waals surface area contributed by atoms with E-state index in [-0.39, 0.29) is 29.8 Å². The zero-order valence-electron chi connectivity index (χ0n) is 15.9. The Morgan fingerprint density at radius 1 is 1.03 bits per heavy atom. The number of carboxylic acid groups (broad SMARTS) is 2. The van der Waals surface area contributed by atoms with E-state index in [1.807, 2.05) is 0 Å². The van der Waals surface area contributed by atoms with Gasteiger partial charge in [-0.2, -0.15) is 12.6 Å². The van der Waals surface area contributed by atoms with Gasteiger partial charge in [0.15, 0.2) is 0 Å². The van der Waals surface area contributed by atoms with Crippen molar-refractivity contribution >= 4 is 48.0 Å². The molecule has 0 aliphatic heterocycles. The number of nitrogens with one attached hydrogen (secondary N) is 3. The molecule has 168 valence electrons. The fourth-order valence-corrected chi connectivity index (χ4v) is 2.51. The first-order valence-electron chi connectivity index (χ1n) is 8.73.